The van der Waals surface area contributed by atoms with Gasteiger partial charge < -0.3 is 20.1 Å². The van der Waals surface area contributed by atoms with Crippen LogP contribution in [0.25, 0.3) is 0 Å². The predicted molar refractivity (Wildman–Crippen MR) is 386 cm³/mol. The van der Waals surface area contributed by atoms with Crippen molar-refractivity contribution in [2.24, 2.45) is 5.73 Å². The molecule has 0 bridgehead atoms. The molecule has 0 saturated heterocycles. The fourth-order valence-electron chi connectivity index (χ4n) is 12.0. The number of carbonyl (C=O) groups excluding carboxylic acids is 2. The number of unbranched alkanes of at least 4 members (excludes halogenated alkanes) is 54. The van der Waals surface area contributed by atoms with Crippen LogP contribution >= 0.6 is 7.82 Å². The van der Waals surface area contributed by atoms with E-state index in [1.54, 1.807) is 0 Å². The molecule has 9 nitrogen and oxygen atoms in total. The first-order chi connectivity index (χ1) is 43.8. The average molecular weight is 1270 g/mol. The lowest BCUT2D eigenvalue weighted by atomic mass is 10.0. The average Bonchev–Trinajstić information content (AvgIpc) is 3.68. The van der Waals surface area contributed by atoms with Crippen molar-refractivity contribution in [3.63, 3.8) is 0 Å². The second-order valence-electron chi connectivity index (χ2n) is 26.6. The zero-order valence-electron chi connectivity index (χ0n) is 59.2. The maximum atomic E-state index is 12.8. The summed E-state index contributed by atoms with van der Waals surface area (Å²) in [6, 6.07) is 0. The monoisotopic (exact) mass is 1270 g/mol. The number of nitrogens with two attached hydrogens (primary N) is 1. The Morgan fingerprint density at radius 1 is 0.348 bits per heavy atom. The van der Waals surface area contributed by atoms with Gasteiger partial charge >= 0.3 is 19.8 Å². The molecule has 0 aromatic carbocycles. The van der Waals surface area contributed by atoms with E-state index in [2.05, 4.69) is 62.5 Å². The summed E-state index contributed by atoms with van der Waals surface area (Å²) in [5, 5.41) is 0. The lowest BCUT2D eigenvalue weighted by molar-refractivity contribution is -0.161. The molecule has 10 heteroatoms. The van der Waals surface area contributed by atoms with Crippen LogP contribution in [0, 0.1) is 0 Å². The minimum absolute atomic E-state index is 0.0556. The van der Waals surface area contributed by atoms with Gasteiger partial charge in [-0.25, -0.2) is 4.57 Å². The first-order valence-electron chi connectivity index (χ1n) is 39.1. The van der Waals surface area contributed by atoms with E-state index in [1.807, 2.05) is 0 Å². The van der Waals surface area contributed by atoms with Gasteiger partial charge in [0.15, 0.2) is 6.10 Å². The van der Waals surface area contributed by atoms with E-state index in [1.165, 1.54) is 321 Å². The molecule has 0 aliphatic carbocycles. The second-order valence-corrected chi connectivity index (χ2v) is 28.0. The van der Waals surface area contributed by atoms with Gasteiger partial charge in [0.25, 0.3) is 0 Å². The van der Waals surface area contributed by atoms with E-state index in [-0.39, 0.29) is 38.6 Å². The molecule has 0 radical (unpaired) electrons. The number of carbonyl (C=O) groups is 2. The Hall–Kier alpha value is -2.03. The highest BCUT2D eigenvalue weighted by Gasteiger charge is 2.26. The summed E-state index contributed by atoms with van der Waals surface area (Å²) in [7, 11) is -4.39. The number of hydrogen-bond acceptors (Lipinski definition) is 8. The molecule has 2 atom stereocenters. The zero-order chi connectivity index (χ0) is 64.4. The number of esters is 2. The maximum Gasteiger partial charge on any atom is 0.472 e. The van der Waals surface area contributed by atoms with Crippen LogP contribution in [0.1, 0.15) is 412 Å². The largest absolute Gasteiger partial charge is 0.472 e. The highest BCUT2D eigenvalue weighted by Crippen LogP contribution is 2.43. The fraction of sp³-hybridized carbons (Fsp3) is 0.873. The first kappa shape index (κ1) is 87.0. The summed E-state index contributed by atoms with van der Waals surface area (Å²) in [5.41, 5.74) is 5.41. The normalized spacial score (nSPS) is 13.1. The minimum Gasteiger partial charge on any atom is -0.462 e. The minimum atomic E-state index is -4.39. The summed E-state index contributed by atoms with van der Waals surface area (Å²) in [6.07, 6.45) is 96.8. The van der Waals surface area contributed by atoms with Crippen molar-refractivity contribution in [2.75, 3.05) is 26.4 Å². The lowest BCUT2D eigenvalue weighted by Gasteiger charge is -2.19. The second kappa shape index (κ2) is 75.0. The quantitative estimate of drug-likeness (QED) is 0.0264. The van der Waals surface area contributed by atoms with Crippen LogP contribution in [0.15, 0.2) is 48.6 Å². The molecule has 0 rings (SSSR count). The Morgan fingerprint density at radius 2 is 0.618 bits per heavy atom. The predicted octanol–water partition coefficient (Wildman–Crippen LogP) is 26.0. The van der Waals surface area contributed by atoms with Gasteiger partial charge in [-0.05, 0) is 51.4 Å². The van der Waals surface area contributed by atoms with Gasteiger partial charge in [0.05, 0.1) is 13.2 Å². The molecule has 524 valence electrons. The molecule has 0 aliphatic heterocycles. The molecule has 0 spiro atoms. The third-order valence-electron chi connectivity index (χ3n) is 17.7. The third-order valence-corrected chi connectivity index (χ3v) is 18.7. The summed E-state index contributed by atoms with van der Waals surface area (Å²) in [6.45, 7) is 3.71. The van der Waals surface area contributed by atoms with Crippen LogP contribution in [0.2, 0.25) is 0 Å². The molecule has 89 heavy (non-hydrogen) atoms. The Bertz CT molecular complexity index is 1600. The van der Waals surface area contributed by atoms with Crippen LogP contribution in [0.3, 0.4) is 0 Å². The highest BCUT2D eigenvalue weighted by molar-refractivity contribution is 7.47. The zero-order valence-corrected chi connectivity index (χ0v) is 60.1. The van der Waals surface area contributed by atoms with Crippen molar-refractivity contribution in [1.82, 2.24) is 0 Å². The van der Waals surface area contributed by atoms with Crippen molar-refractivity contribution in [3.05, 3.63) is 48.6 Å². The van der Waals surface area contributed by atoms with Crippen molar-refractivity contribution in [1.29, 1.82) is 0 Å². The van der Waals surface area contributed by atoms with E-state index >= 15 is 0 Å². The van der Waals surface area contributed by atoms with Crippen molar-refractivity contribution < 1.29 is 37.6 Å². The molecular formula is C79H150NO8P. The third kappa shape index (κ3) is 74.9. The molecule has 0 amide bonds. The standard InChI is InChI=1S/C79H150NO8P/c1-3-5-7-9-11-13-15-17-19-21-23-25-27-29-31-33-35-36-37-38-39-40-42-43-45-47-49-51-53-55-57-59-61-63-65-67-69-71-78(81)85-75-77(76-87-89(83,84)86-74-73-80)88-79(82)72-70-68-66-64-62-60-58-56-54-52-50-48-46-44-41-34-32-30-28-26-24-22-20-18-16-14-12-10-8-6-4-2/h6,8,12,14,18,20,24,26,77H,3-5,7,9-11,13,15-17,19,21-23,25,27-76,80H2,1-2H3,(H,83,84)/b8-6-,14-12-,20-18-,26-24-. The van der Waals surface area contributed by atoms with Gasteiger partial charge in [0, 0.05) is 19.4 Å². The Labute approximate surface area is 553 Å². The molecule has 0 saturated carbocycles. The van der Waals surface area contributed by atoms with Crippen molar-refractivity contribution in [2.45, 2.75) is 418 Å². The van der Waals surface area contributed by atoms with E-state index in [0.717, 1.165) is 57.8 Å². The van der Waals surface area contributed by atoms with Crippen LogP contribution in [0.4, 0.5) is 0 Å². The maximum absolute atomic E-state index is 12.8. The molecule has 3 N–H and O–H groups in total. The van der Waals surface area contributed by atoms with Crippen molar-refractivity contribution >= 4 is 19.8 Å². The smallest absolute Gasteiger partial charge is 0.462 e. The molecule has 0 aliphatic rings. The molecular weight excluding hydrogens is 1120 g/mol. The molecule has 2 unspecified atom stereocenters. The topological polar surface area (TPSA) is 134 Å². The van der Waals surface area contributed by atoms with Crippen LogP contribution in [-0.2, 0) is 32.7 Å². The summed E-state index contributed by atoms with van der Waals surface area (Å²) >= 11 is 0. The summed E-state index contributed by atoms with van der Waals surface area (Å²) in [5.74, 6) is -0.804. The van der Waals surface area contributed by atoms with Crippen LogP contribution < -0.4 is 5.73 Å². The van der Waals surface area contributed by atoms with E-state index in [0.29, 0.717) is 6.42 Å². The number of phosphoric ester groups is 1. The lowest BCUT2D eigenvalue weighted by Crippen LogP contribution is -2.29. The number of allylic oxidation sites excluding steroid dienone is 8. The molecule has 0 aromatic heterocycles. The van der Waals surface area contributed by atoms with Crippen LogP contribution in [-0.4, -0.2) is 49.3 Å². The van der Waals surface area contributed by atoms with Gasteiger partial charge in [-0.1, -0.05) is 396 Å². The SMILES string of the molecule is CC/C=C\C/C=C\C/C=C\C/C=C\CCCCCCCCCCCCCCCCCCCCC(=O)OC(COC(=O)CCCCCCCCCCCCCCCCCCCCCCCCCCCCCCCCCCCCCCC)COP(=O)(O)OCCN. The highest BCUT2D eigenvalue weighted by atomic mass is 31.2. The van der Waals surface area contributed by atoms with E-state index < -0.39 is 26.5 Å². The summed E-state index contributed by atoms with van der Waals surface area (Å²) < 4.78 is 33.3. The number of rotatable bonds is 75. The Morgan fingerprint density at radius 3 is 0.921 bits per heavy atom. The van der Waals surface area contributed by atoms with Crippen LogP contribution in [0.5, 0.6) is 0 Å². The van der Waals surface area contributed by atoms with Gasteiger partial charge in [0.1, 0.15) is 6.61 Å². The Kier molecular flexibility index (Phi) is 73.3. The molecule has 0 heterocycles. The van der Waals surface area contributed by atoms with Gasteiger partial charge in [0.2, 0.25) is 0 Å². The van der Waals surface area contributed by atoms with Crippen molar-refractivity contribution in [3.8, 4) is 0 Å². The molecule has 0 fully saturated rings. The van der Waals surface area contributed by atoms with E-state index in [9.17, 15) is 19.0 Å². The number of phosphoric acid groups is 1. The van der Waals surface area contributed by atoms with E-state index in [4.69, 9.17) is 24.3 Å². The first-order valence-corrected chi connectivity index (χ1v) is 40.6. The Balaban J connectivity index is 3.75. The molecule has 0 aromatic rings. The number of ether oxygens (including phenoxy) is 2. The van der Waals surface area contributed by atoms with Gasteiger partial charge in [-0.15, -0.1) is 0 Å². The fourth-order valence-corrected chi connectivity index (χ4v) is 12.8. The van der Waals surface area contributed by atoms with Gasteiger partial charge in [-0.2, -0.15) is 0 Å². The summed E-state index contributed by atoms with van der Waals surface area (Å²) in [4.78, 5) is 35.4. The number of hydrogen-bond donors (Lipinski definition) is 2. The van der Waals surface area contributed by atoms with Gasteiger partial charge in [-0.3, -0.25) is 18.6 Å².